The summed E-state index contributed by atoms with van der Waals surface area (Å²) in [7, 11) is 0. The lowest BCUT2D eigenvalue weighted by atomic mass is 9.76. The Morgan fingerprint density at radius 1 is 0.887 bits per heavy atom. The number of aromatic amines is 1. The number of hydrogen-bond acceptors (Lipinski definition) is 10. The zero-order valence-electron chi connectivity index (χ0n) is 45.4. The lowest BCUT2D eigenvalue weighted by molar-refractivity contribution is -0.146. The summed E-state index contributed by atoms with van der Waals surface area (Å²) >= 11 is 0. The topological polar surface area (TPSA) is 262 Å². The third-order valence-electron chi connectivity index (χ3n) is 17.4. The summed E-state index contributed by atoms with van der Waals surface area (Å²) in [5, 5.41) is 8.31. The monoisotopic (exact) mass is 1100 g/mol. The summed E-state index contributed by atoms with van der Waals surface area (Å²) < 4.78 is 28.3. The number of alkyl halides is 2. The van der Waals surface area contributed by atoms with E-state index in [9.17, 15) is 56.7 Å². The second kappa shape index (κ2) is 24.5. The quantitative estimate of drug-likeness (QED) is 0.0973. The molecule has 2 aromatic carbocycles. The van der Waals surface area contributed by atoms with Crippen molar-refractivity contribution in [2.75, 3.05) is 26.2 Å². The molecule has 0 radical (unpaired) electrons. The van der Waals surface area contributed by atoms with Gasteiger partial charge in [-0.15, -0.1) is 0 Å². The summed E-state index contributed by atoms with van der Waals surface area (Å²) in [5.74, 6) is -1.52. The van der Waals surface area contributed by atoms with Crippen LogP contribution in [0.5, 0.6) is 0 Å². The van der Waals surface area contributed by atoms with Crippen molar-refractivity contribution in [2.45, 2.75) is 166 Å². The van der Waals surface area contributed by atoms with Crippen LogP contribution in [0.1, 0.15) is 161 Å². The Kier molecular flexibility index (Phi) is 17.5. The molecule has 6 N–H and O–H groups in total. The number of amides is 9. The number of piperidine rings is 2. The number of H-pyrrole nitrogens is 1. The highest BCUT2D eigenvalue weighted by atomic mass is 19.3. The van der Waals surface area contributed by atoms with Crippen molar-refractivity contribution in [1.29, 1.82) is 0 Å². The van der Waals surface area contributed by atoms with Gasteiger partial charge in [-0.1, -0.05) is 43.2 Å². The summed E-state index contributed by atoms with van der Waals surface area (Å²) in [6.45, 7) is 3.67. The van der Waals surface area contributed by atoms with Gasteiger partial charge < -0.3 is 41.0 Å². The fourth-order valence-corrected chi connectivity index (χ4v) is 12.8. The minimum absolute atomic E-state index is 0.00902. The van der Waals surface area contributed by atoms with Gasteiger partial charge in [-0.2, -0.15) is 0 Å². The molecule has 5 fully saturated rings. The van der Waals surface area contributed by atoms with Crippen LogP contribution in [0.2, 0.25) is 0 Å². The van der Waals surface area contributed by atoms with E-state index in [0.717, 1.165) is 69.4 Å². The molecule has 0 spiro atoms. The number of fused-ring (bicyclic) bond motifs is 3. The molecular weight excluding hydrogens is 1030 g/mol. The van der Waals surface area contributed by atoms with E-state index in [0.29, 0.717) is 48.3 Å². The number of halogens is 2. The van der Waals surface area contributed by atoms with Crippen LogP contribution in [0.25, 0.3) is 10.9 Å². The highest BCUT2D eigenvalue weighted by Crippen LogP contribution is 2.37. The first-order valence-corrected chi connectivity index (χ1v) is 28.3. The number of nitrogens with zero attached hydrogens (tertiary/aromatic N) is 4. The number of carbonyl (C=O) groups excluding carboxylic acids is 10. The molecular formula is C59H71F2N9O10. The first-order chi connectivity index (χ1) is 38.2. The third-order valence-corrected chi connectivity index (χ3v) is 17.4. The Balaban J connectivity index is 0.836. The number of rotatable bonds is 16. The largest absolute Gasteiger partial charge is 0.370 e. The number of Topliss-reactive ketones (excluding diaryl/α,β-unsaturated/α-hetero) is 1. The van der Waals surface area contributed by atoms with Crippen LogP contribution in [0.3, 0.4) is 0 Å². The smallest absolute Gasteiger partial charge is 0.270 e. The Bertz CT molecular complexity index is 3020. The molecule has 6 aliphatic rings. The van der Waals surface area contributed by atoms with Crippen LogP contribution >= 0.6 is 0 Å². The predicted molar refractivity (Wildman–Crippen MR) is 288 cm³/mol. The minimum Gasteiger partial charge on any atom is -0.370 e. The molecule has 1 saturated carbocycles. The van der Waals surface area contributed by atoms with E-state index in [-0.39, 0.29) is 105 Å². The molecule has 5 aliphatic heterocycles. The van der Waals surface area contributed by atoms with E-state index in [2.05, 4.69) is 32.8 Å². The van der Waals surface area contributed by atoms with Crippen LogP contribution in [-0.2, 0) is 50.8 Å². The Hall–Kier alpha value is -7.50. The molecule has 9 rings (SSSR count). The number of carbonyl (C=O) groups is 10. The lowest BCUT2D eigenvalue weighted by Crippen LogP contribution is -2.61. The summed E-state index contributed by atoms with van der Waals surface area (Å²) in [6, 6.07) is 5.89. The molecule has 1 aromatic heterocycles. The molecule has 1 aliphatic carbocycles. The second-order valence-corrected chi connectivity index (χ2v) is 22.7. The predicted octanol–water partition coefficient (Wildman–Crippen LogP) is 4.73. The van der Waals surface area contributed by atoms with Gasteiger partial charge in [0.25, 0.3) is 17.7 Å². The molecule has 21 heteroatoms. The number of primary amides is 1. The number of hydrogen-bond donors (Lipinski definition) is 5. The van der Waals surface area contributed by atoms with Gasteiger partial charge in [-0.05, 0) is 112 Å². The summed E-state index contributed by atoms with van der Waals surface area (Å²) in [5.41, 5.74) is 7.79. The summed E-state index contributed by atoms with van der Waals surface area (Å²) in [4.78, 5) is 144. The number of aromatic nitrogens is 1. The molecule has 9 amide bonds. The maximum atomic E-state index is 14.7. The Morgan fingerprint density at radius 2 is 1.64 bits per heavy atom. The van der Waals surface area contributed by atoms with Crippen molar-refractivity contribution in [3.05, 3.63) is 70.4 Å². The number of likely N-dealkylation sites (tertiary alicyclic amines) is 1. The highest BCUT2D eigenvalue weighted by Gasteiger charge is 2.47. The molecule has 80 heavy (non-hydrogen) atoms. The zero-order chi connectivity index (χ0) is 57.0. The van der Waals surface area contributed by atoms with Gasteiger partial charge in [0.2, 0.25) is 41.4 Å². The zero-order valence-corrected chi connectivity index (χ0v) is 45.4. The van der Waals surface area contributed by atoms with Gasteiger partial charge in [0.15, 0.2) is 5.78 Å². The first kappa shape index (κ1) is 57.2. The average Bonchev–Trinajstić information content (AvgIpc) is 4.15. The number of nitrogens with one attached hydrogen (secondary N) is 4. The number of nitrogens with two attached hydrogens (primary N) is 1. The standard InChI is InChI=1S/C59H71F2N9O10/c1-34(71)68-28-25-46(65-53(75)47-30-38-29-39(59(2,60)61)15-17-44(38)63-47)58(80)70-40(32-68)16-19-49(70)55(77)64-45(18-21-51(62)73)50(72)31-42(36-10-4-3-5-11-36)56(78)67-26-23-35(24-27-67)9-6-7-12-37-13-8-14-41-43(37)33-69(57(41)79)48-20-22-52(74)66-54(48)76/h8,13-15,17,29-30,35-36,40,42,45-46,48-49,63H,3-6,9-11,16,18-28,31-33H2,1-2H3,(H2,62,73)(H,64,77)(H,65,75)(H,66,74,76)/t40-,42+,45+,46+,48?,49+/m1/s1. The molecule has 6 heterocycles. The van der Waals surface area contributed by atoms with E-state index in [1.807, 2.05) is 11.0 Å². The molecule has 19 nitrogen and oxygen atoms in total. The number of ketones is 1. The lowest BCUT2D eigenvalue weighted by Gasteiger charge is -2.39. The van der Waals surface area contributed by atoms with E-state index < -0.39 is 77.4 Å². The van der Waals surface area contributed by atoms with Gasteiger partial charge >= 0.3 is 0 Å². The van der Waals surface area contributed by atoms with Gasteiger partial charge in [0, 0.05) is 106 Å². The van der Waals surface area contributed by atoms with Gasteiger partial charge in [0.1, 0.15) is 23.8 Å². The van der Waals surface area contributed by atoms with Gasteiger partial charge in [0.05, 0.1) is 12.1 Å². The highest BCUT2D eigenvalue weighted by molar-refractivity contribution is 6.06. The second-order valence-electron chi connectivity index (χ2n) is 22.7. The van der Waals surface area contributed by atoms with Crippen LogP contribution in [0, 0.1) is 29.6 Å². The Labute approximate surface area is 463 Å². The fourth-order valence-electron chi connectivity index (χ4n) is 12.8. The van der Waals surface area contributed by atoms with E-state index in [1.54, 1.807) is 17.0 Å². The molecule has 6 atom stereocenters. The normalized spacial score (nSPS) is 22.8. The molecule has 1 unspecified atom stereocenters. The molecule has 0 bridgehead atoms. The first-order valence-electron chi connectivity index (χ1n) is 28.3. The van der Waals surface area contributed by atoms with E-state index in [4.69, 9.17) is 5.73 Å². The van der Waals surface area contributed by atoms with Crippen LogP contribution in [-0.4, -0.2) is 140 Å². The summed E-state index contributed by atoms with van der Waals surface area (Å²) in [6.07, 6.45) is 7.64. The number of imide groups is 1. The van der Waals surface area contributed by atoms with Crippen molar-refractivity contribution in [1.82, 2.24) is 40.5 Å². The Morgan fingerprint density at radius 3 is 2.35 bits per heavy atom. The maximum Gasteiger partial charge on any atom is 0.270 e. The SMILES string of the molecule is CC(=O)N1CC[C@H](NC(=O)c2cc3cc(C(C)(F)F)ccc3[nH]2)C(=O)N2[C@H](CC[C@H]2C(=O)N[C@@H](CCC(N)=O)C(=O)C[C@H](C(=O)N2CCC(CCC#Cc3cccc4c3CN(C3CCC(=O)NC3=O)C4=O)CC2)C2CCCCC2)C1. The minimum atomic E-state index is -3.11. The maximum absolute atomic E-state index is 14.7. The molecule has 3 aromatic rings. The van der Waals surface area contributed by atoms with Crippen LogP contribution < -0.4 is 21.7 Å². The average molecular weight is 1100 g/mol. The molecule has 426 valence electrons. The number of benzene rings is 2. The van der Waals surface area contributed by atoms with Crippen molar-refractivity contribution < 1.29 is 56.7 Å². The van der Waals surface area contributed by atoms with Crippen LogP contribution in [0.4, 0.5) is 8.78 Å². The van der Waals surface area contributed by atoms with Gasteiger partial charge in [-0.3, -0.25) is 53.3 Å². The van der Waals surface area contributed by atoms with Gasteiger partial charge in [-0.25, -0.2) is 8.78 Å². The van der Waals surface area contributed by atoms with E-state index in [1.165, 1.54) is 41.0 Å². The fraction of sp³-hybridized carbons (Fsp3) is 0.559. The van der Waals surface area contributed by atoms with Crippen LogP contribution in [0.15, 0.2) is 42.5 Å². The van der Waals surface area contributed by atoms with Crippen molar-refractivity contribution in [3.8, 4) is 11.8 Å². The van der Waals surface area contributed by atoms with E-state index >= 15 is 0 Å². The third kappa shape index (κ3) is 12.9. The van der Waals surface area contributed by atoms with Crippen molar-refractivity contribution >= 4 is 69.9 Å². The van der Waals surface area contributed by atoms with Crippen molar-refractivity contribution in [2.24, 2.45) is 23.5 Å². The van der Waals surface area contributed by atoms with Crippen molar-refractivity contribution in [3.63, 3.8) is 0 Å². The molecule has 4 saturated heterocycles.